The number of rotatable bonds is 10. The number of nitrogens with two attached hydrogens (primary N) is 1. The maximum absolute atomic E-state index is 12.4. The molecule has 1 aromatic carbocycles. The molecule has 0 saturated heterocycles. The topological polar surface area (TPSA) is 128 Å². The molecule has 0 radical (unpaired) electrons. The maximum Gasteiger partial charge on any atom is 0.329 e. The van der Waals surface area contributed by atoms with Crippen LogP contribution in [0.5, 0.6) is 0 Å². The number of nitrogens with one attached hydrogen (secondary N) is 1. The van der Waals surface area contributed by atoms with Gasteiger partial charge in [0.05, 0.1) is 12.7 Å². The van der Waals surface area contributed by atoms with Crippen molar-refractivity contribution in [3.8, 4) is 0 Å². The van der Waals surface area contributed by atoms with Crippen molar-refractivity contribution in [2.75, 3.05) is 12.4 Å². The van der Waals surface area contributed by atoms with Crippen LogP contribution >= 0.6 is 11.8 Å². The van der Waals surface area contributed by atoms with Crippen molar-refractivity contribution >= 4 is 23.6 Å². The number of ether oxygens (including phenoxy) is 1. The van der Waals surface area contributed by atoms with Crippen LogP contribution in [-0.4, -0.2) is 46.5 Å². The van der Waals surface area contributed by atoms with E-state index in [1.165, 1.54) is 18.7 Å². The summed E-state index contributed by atoms with van der Waals surface area (Å²) in [5, 5.41) is 12.1. The maximum atomic E-state index is 12.4. The van der Waals surface area contributed by atoms with Crippen LogP contribution in [-0.2, 0) is 15.3 Å². The summed E-state index contributed by atoms with van der Waals surface area (Å²) >= 11 is 1.51. The average Bonchev–Trinajstić information content (AvgIpc) is 3.17. The van der Waals surface area contributed by atoms with E-state index in [0.717, 1.165) is 11.8 Å². The molecule has 3 unspecified atom stereocenters. The van der Waals surface area contributed by atoms with E-state index in [-0.39, 0.29) is 18.2 Å². The van der Waals surface area contributed by atoms with E-state index in [4.69, 9.17) is 14.9 Å². The monoisotopic (exact) mass is 407 g/mol. The summed E-state index contributed by atoms with van der Waals surface area (Å²) in [7, 11) is 0. The Morgan fingerprint density at radius 1 is 1.36 bits per heavy atom. The summed E-state index contributed by atoms with van der Waals surface area (Å²) in [6.45, 7) is 3.41. The number of hydrogen-bond donors (Lipinski definition) is 3. The minimum absolute atomic E-state index is 0.0199. The summed E-state index contributed by atoms with van der Waals surface area (Å²) < 4.78 is 10.2. The van der Waals surface area contributed by atoms with E-state index in [1.807, 2.05) is 30.3 Å². The summed E-state index contributed by atoms with van der Waals surface area (Å²) in [4.78, 5) is 28.7. The number of aliphatic hydroxyl groups excluding tert-OH is 1. The summed E-state index contributed by atoms with van der Waals surface area (Å²) in [6.07, 6.45) is 0.267. The molecule has 4 N–H and O–H groups in total. The van der Waals surface area contributed by atoms with Crippen molar-refractivity contribution in [2.24, 2.45) is 5.73 Å². The second kappa shape index (κ2) is 10.8. The van der Waals surface area contributed by atoms with Gasteiger partial charge in [0.15, 0.2) is 5.69 Å². The molecule has 0 spiro atoms. The lowest BCUT2D eigenvalue weighted by atomic mass is 10.2. The number of aromatic nitrogens is 1. The third-order valence-corrected chi connectivity index (χ3v) is 4.94. The fraction of sp³-hybridized carbons (Fsp3) is 0.421. The Morgan fingerprint density at radius 2 is 2.07 bits per heavy atom. The van der Waals surface area contributed by atoms with Crippen molar-refractivity contribution in [1.82, 2.24) is 10.3 Å². The van der Waals surface area contributed by atoms with Crippen LogP contribution in [0, 0.1) is 0 Å². The normalized spacial score (nSPS) is 14.1. The third kappa shape index (κ3) is 6.36. The van der Waals surface area contributed by atoms with Crippen LogP contribution in [0.3, 0.4) is 0 Å². The number of benzene rings is 1. The van der Waals surface area contributed by atoms with Crippen LogP contribution in [0.2, 0.25) is 0 Å². The number of hydrogen-bond acceptors (Lipinski definition) is 8. The Kier molecular flexibility index (Phi) is 8.49. The molecular formula is C19H25N3O5S. The van der Waals surface area contributed by atoms with Gasteiger partial charge in [0.1, 0.15) is 18.3 Å². The molecule has 0 saturated carbocycles. The first-order valence-corrected chi connectivity index (χ1v) is 10.1. The molecule has 9 heteroatoms. The molecule has 28 heavy (non-hydrogen) atoms. The molecule has 152 valence electrons. The van der Waals surface area contributed by atoms with Crippen molar-refractivity contribution in [1.29, 1.82) is 0 Å². The summed E-state index contributed by atoms with van der Waals surface area (Å²) in [5.74, 6) is -0.000295. The Hall–Kier alpha value is -2.36. The van der Waals surface area contributed by atoms with Gasteiger partial charge < -0.3 is 25.3 Å². The SMILES string of the molecule is CCOC(=O)C(CSCc1ccccc1)NC(=O)c1coc(C(N)C(C)O)n1. The lowest BCUT2D eigenvalue weighted by molar-refractivity contribution is -0.144. The predicted octanol–water partition coefficient (Wildman–Crippen LogP) is 1.65. The van der Waals surface area contributed by atoms with Crippen molar-refractivity contribution < 1.29 is 23.8 Å². The number of amides is 1. The van der Waals surface area contributed by atoms with Crippen LogP contribution in [0.15, 0.2) is 41.0 Å². The second-order valence-electron chi connectivity index (χ2n) is 6.12. The number of nitrogens with zero attached hydrogens (tertiary/aromatic N) is 1. The van der Waals surface area contributed by atoms with Gasteiger partial charge in [-0.05, 0) is 19.4 Å². The molecule has 3 atom stereocenters. The average molecular weight is 407 g/mol. The van der Waals surface area contributed by atoms with Crippen LogP contribution in [0.4, 0.5) is 0 Å². The fourth-order valence-electron chi connectivity index (χ4n) is 2.26. The summed E-state index contributed by atoms with van der Waals surface area (Å²) in [6, 6.07) is 8.14. The van der Waals surface area contributed by atoms with Gasteiger partial charge in [-0.2, -0.15) is 11.8 Å². The number of thioether (sulfide) groups is 1. The molecule has 0 aliphatic heterocycles. The van der Waals surface area contributed by atoms with E-state index in [0.29, 0.717) is 11.5 Å². The highest BCUT2D eigenvalue weighted by atomic mass is 32.2. The Morgan fingerprint density at radius 3 is 2.71 bits per heavy atom. The summed E-state index contributed by atoms with van der Waals surface area (Å²) in [5.41, 5.74) is 6.85. The largest absolute Gasteiger partial charge is 0.464 e. The highest BCUT2D eigenvalue weighted by molar-refractivity contribution is 7.98. The Labute approximate surface area is 167 Å². The smallest absolute Gasteiger partial charge is 0.329 e. The molecule has 1 heterocycles. The van der Waals surface area contributed by atoms with Crippen molar-refractivity contribution in [3.05, 3.63) is 53.7 Å². The van der Waals surface area contributed by atoms with Crippen LogP contribution in [0.1, 0.15) is 41.8 Å². The van der Waals surface area contributed by atoms with Crippen molar-refractivity contribution in [2.45, 2.75) is 37.8 Å². The molecular weight excluding hydrogens is 382 g/mol. The van der Waals surface area contributed by atoms with E-state index in [2.05, 4.69) is 10.3 Å². The van der Waals surface area contributed by atoms with Crippen LogP contribution in [0.25, 0.3) is 0 Å². The van der Waals surface area contributed by atoms with Gasteiger partial charge in [0.2, 0.25) is 5.89 Å². The first kappa shape index (κ1) is 21.9. The molecule has 1 amide bonds. The predicted molar refractivity (Wildman–Crippen MR) is 106 cm³/mol. The van der Waals surface area contributed by atoms with Gasteiger partial charge >= 0.3 is 5.97 Å². The highest BCUT2D eigenvalue weighted by Gasteiger charge is 2.25. The molecule has 2 rings (SSSR count). The zero-order valence-corrected chi connectivity index (χ0v) is 16.6. The number of carbonyl (C=O) groups excluding carboxylic acids is 2. The minimum Gasteiger partial charge on any atom is -0.464 e. The third-order valence-electron chi connectivity index (χ3n) is 3.83. The van der Waals surface area contributed by atoms with E-state index < -0.39 is 30.1 Å². The zero-order valence-electron chi connectivity index (χ0n) is 15.8. The number of aliphatic hydroxyl groups is 1. The van der Waals surface area contributed by atoms with Gasteiger partial charge in [-0.25, -0.2) is 9.78 Å². The first-order valence-electron chi connectivity index (χ1n) is 8.90. The second-order valence-corrected chi connectivity index (χ2v) is 7.15. The molecule has 2 aromatic rings. The van der Waals surface area contributed by atoms with Gasteiger partial charge in [-0.3, -0.25) is 4.79 Å². The molecule has 0 bridgehead atoms. The number of oxazole rings is 1. The lowest BCUT2D eigenvalue weighted by Gasteiger charge is -2.16. The quantitative estimate of drug-likeness (QED) is 0.507. The highest BCUT2D eigenvalue weighted by Crippen LogP contribution is 2.16. The van der Waals surface area contributed by atoms with E-state index in [1.54, 1.807) is 6.92 Å². The van der Waals surface area contributed by atoms with Gasteiger partial charge in [0, 0.05) is 11.5 Å². The molecule has 0 aliphatic carbocycles. The molecule has 8 nitrogen and oxygen atoms in total. The van der Waals surface area contributed by atoms with Gasteiger partial charge in [-0.1, -0.05) is 30.3 Å². The van der Waals surface area contributed by atoms with Gasteiger partial charge in [-0.15, -0.1) is 0 Å². The Balaban J connectivity index is 1.99. The van der Waals surface area contributed by atoms with Crippen molar-refractivity contribution in [3.63, 3.8) is 0 Å². The number of esters is 1. The lowest BCUT2D eigenvalue weighted by Crippen LogP contribution is -2.43. The van der Waals surface area contributed by atoms with Gasteiger partial charge in [0.25, 0.3) is 5.91 Å². The molecule has 0 fully saturated rings. The van der Waals surface area contributed by atoms with E-state index >= 15 is 0 Å². The molecule has 0 aliphatic rings. The van der Waals surface area contributed by atoms with Crippen LogP contribution < -0.4 is 11.1 Å². The standard InChI is InChI=1S/C19H25N3O5S/c1-3-26-19(25)15(11-28-10-13-7-5-4-6-8-13)21-17(24)14-9-27-18(22-14)16(20)12(2)23/h4-9,12,15-16,23H,3,10-11,20H2,1-2H3,(H,21,24). The fourth-order valence-corrected chi connectivity index (χ4v) is 3.26. The minimum atomic E-state index is -0.878. The van der Waals surface area contributed by atoms with E-state index in [9.17, 15) is 14.7 Å². The first-order chi connectivity index (χ1) is 13.4. The Bertz CT molecular complexity index is 766. The number of carbonyl (C=O) groups is 2. The zero-order chi connectivity index (χ0) is 20.5. The molecule has 1 aromatic heterocycles.